The van der Waals surface area contributed by atoms with Gasteiger partial charge in [-0.05, 0) is 49.3 Å². The number of nitrogens with one attached hydrogen (secondary N) is 2. The normalized spacial score (nSPS) is 17.9. The standard InChI is InChI=1S/C31H47N5O4S/c1-21-27(41-20-34-21)23-13-11-22(12-14-23)15-17-33-29(39)25-18-24(37)19-36(25)30(40)28(31(2,3)4)35-26(38)10-8-6-5-7-9-16-32/h11-14,20,24-25,28,37H,5-10,15-19,32H2,1-4H3,(H,33,39)(H,35,38)/t24-,25+,28-/m1/s1. The van der Waals surface area contributed by atoms with E-state index >= 15 is 0 Å². The first kappa shape index (κ1) is 32.7. The second-order valence-corrected chi connectivity index (χ2v) is 12.9. The number of rotatable bonds is 14. The van der Waals surface area contributed by atoms with Gasteiger partial charge in [-0.1, -0.05) is 64.3 Å². The smallest absolute Gasteiger partial charge is 0.246 e. The highest BCUT2D eigenvalue weighted by Gasteiger charge is 2.44. The summed E-state index contributed by atoms with van der Waals surface area (Å²) in [5.74, 6) is -0.794. The second-order valence-electron chi connectivity index (χ2n) is 12.1. The first-order valence-electron chi connectivity index (χ1n) is 14.8. The van der Waals surface area contributed by atoms with Gasteiger partial charge in [0.2, 0.25) is 17.7 Å². The Labute approximate surface area is 248 Å². The average Bonchev–Trinajstić information content (AvgIpc) is 3.54. The van der Waals surface area contributed by atoms with Crippen LogP contribution in [-0.2, 0) is 20.8 Å². The van der Waals surface area contributed by atoms with Crippen LogP contribution in [0.2, 0.25) is 0 Å². The largest absolute Gasteiger partial charge is 0.391 e. The first-order chi connectivity index (χ1) is 19.5. The molecule has 226 valence electrons. The number of aromatic nitrogens is 1. The molecule has 9 nitrogen and oxygen atoms in total. The fourth-order valence-electron chi connectivity index (χ4n) is 5.16. The lowest BCUT2D eigenvalue weighted by Crippen LogP contribution is -2.57. The highest BCUT2D eigenvalue weighted by molar-refractivity contribution is 7.13. The van der Waals surface area contributed by atoms with Gasteiger partial charge in [0.15, 0.2) is 0 Å². The van der Waals surface area contributed by atoms with E-state index < -0.39 is 23.6 Å². The lowest BCUT2D eigenvalue weighted by molar-refractivity contribution is -0.144. The zero-order valence-electron chi connectivity index (χ0n) is 24.9. The van der Waals surface area contributed by atoms with Crippen LogP contribution in [-0.4, -0.2) is 70.5 Å². The molecule has 0 saturated carbocycles. The van der Waals surface area contributed by atoms with Gasteiger partial charge in [0.05, 0.1) is 22.2 Å². The number of carbonyl (C=O) groups is 3. The van der Waals surface area contributed by atoms with Gasteiger partial charge >= 0.3 is 0 Å². The number of likely N-dealkylation sites (tertiary alicyclic amines) is 1. The van der Waals surface area contributed by atoms with E-state index in [0.29, 0.717) is 25.9 Å². The molecule has 3 atom stereocenters. The van der Waals surface area contributed by atoms with Crippen LogP contribution in [0.25, 0.3) is 10.4 Å². The molecule has 1 aromatic carbocycles. The minimum absolute atomic E-state index is 0.0684. The topological polar surface area (TPSA) is 138 Å². The van der Waals surface area contributed by atoms with Gasteiger partial charge in [0, 0.05) is 25.9 Å². The van der Waals surface area contributed by atoms with Gasteiger partial charge in [-0.2, -0.15) is 0 Å². The van der Waals surface area contributed by atoms with Crippen LogP contribution >= 0.6 is 11.3 Å². The Kier molecular flexibility index (Phi) is 12.3. The highest BCUT2D eigenvalue weighted by atomic mass is 32.1. The van der Waals surface area contributed by atoms with E-state index in [4.69, 9.17) is 5.73 Å². The summed E-state index contributed by atoms with van der Waals surface area (Å²) in [6, 6.07) is 6.65. The number of nitrogens with two attached hydrogens (primary N) is 1. The van der Waals surface area contributed by atoms with Crippen LogP contribution in [0.1, 0.15) is 77.0 Å². The monoisotopic (exact) mass is 585 g/mol. The molecule has 10 heteroatoms. The zero-order chi connectivity index (χ0) is 30.0. The summed E-state index contributed by atoms with van der Waals surface area (Å²) in [5.41, 5.74) is 10.0. The van der Waals surface area contributed by atoms with Gasteiger partial charge < -0.3 is 26.4 Å². The minimum atomic E-state index is -0.798. The number of amides is 3. The second kappa shape index (κ2) is 15.4. The summed E-state index contributed by atoms with van der Waals surface area (Å²) in [5, 5.41) is 16.3. The van der Waals surface area contributed by atoms with Crippen molar-refractivity contribution in [2.24, 2.45) is 11.1 Å². The van der Waals surface area contributed by atoms with E-state index in [2.05, 4.69) is 27.8 Å². The number of carbonyl (C=O) groups excluding carboxylic acids is 3. The molecule has 0 unspecified atom stereocenters. The van der Waals surface area contributed by atoms with Crippen molar-refractivity contribution in [3.8, 4) is 10.4 Å². The Balaban J connectivity index is 1.54. The molecule has 0 aliphatic carbocycles. The van der Waals surface area contributed by atoms with E-state index in [0.717, 1.165) is 53.8 Å². The molecule has 2 heterocycles. The molecule has 1 fully saturated rings. The van der Waals surface area contributed by atoms with Crippen LogP contribution in [0.15, 0.2) is 29.8 Å². The number of aliphatic hydroxyl groups is 1. The number of benzene rings is 1. The maximum atomic E-state index is 13.7. The van der Waals surface area contributed by atoms with Crippen LogP contribution in [0.3, 0.4) is 0 Å². The Bertz CT molecular complexity index is 1140. The van der Waals surface area contributed by atoms with Crippen LogP contribution in [0.5, 0.6) is 0 Å². The van der Waals surface area contributed by atoms with Crippen LogP contribution < -0.4 is 16.4 Å². The molecule has 0 bridgehead atoms. The first-order valence-corrected chi connectivity index (χ1v) is 15.6. The molecule has 41 heavy (non-hydrogen) atoms. The molecule has 1 aromatic heterocycles. The van der Waals surface area contributed by atoms with Crippen molar-refractivity contribution >= 4 is 29.1 Å². The van der Waals surface area contributed by atoms with Crippen molar-refractivity contribution in [3.05, 3.63) is 41.0 Å². The molecule has 3 rings (SSSR count). The van der Waals surface area contributed by atoms with Crippen molar-refractivity contribution in [2.45, 2.75) is 97.2 Å². The van der Waals surface area contributed by atoms with Crippen molar-refractivity contribution in [1.29, 1.82) is 0 Å². The summed E-state index contributed by atoms with van der Waals surface area (Å²) in [4.78, 5) is 46.5. The minimum Gasteiger partial charge on any atom is -0.391 e. The van der Waals surface area contributed by atoms with Gasteiger partial charge in [-0.15, -0.1) is 11.3 Å². The molecular weight excluding hydrogens is 538 g/mol. The van der Waals surface area contributed by atoms with Crippen LogP contribution in [0.4, 0.5) is 0 Å². The number of aryl methyl sites for hydroxylation is 1. The molecule has 1 aliphatic rings. The Morgan fingerprint density at radius 1 is 1.12 bits per heavy atom. The number of unbranched alkanes of at least 4 members (excludes halogenated alkanes) is 4. The molecule has 5 N–H and O–H groups in total. The number of aliphatic hydroxyl groups excluding tert-OH is 1. The third kappa shape index (κ3) is 9.61. The lowest BCUT2D eigenvalue weighted by atomic mass is 9.85. The zero-order valence-corrected chi connectivity index (χ0v) is 25.8. The number of nitrogens with zero attached hydrogens (tertiary/aromatic N) is 2. The third-order valence-electron chi connectivity index (χ3n) is 7.57. The van der Waals surface area contributed by atoms with Crippen molar-refractivity contribution in [1.82, 2.24) is 20.5 Å². The summed E-state index contributed by atoms with van der Waals surface area (Å²) >= 11 is 1.61. The molecule has 1 saturated heterocycles. The number of thiazole rings is 1. The maximum absolute atomic E-state index is 13.7. The van der Waals surface area contributed by atoms with E-state index in [1.165, 1.54) is 4.90 Å². The summed E-state index contributed by atoms with van der Waals surface area (Å²) in [6.07, 6.45) is 5.15. The van der Waals surface area contributed by atoms with E-state index in [9.17, 15) is 19.5 Å². The van der Waals surface area contributed by atoms with Gasteiger partial charge in [0.25, 0.3) is 0 Å². The molecule has 0 radical (unpaired) electrons. The summed E-state index contributed by atoms with van der Waals surface area (Å²) in [6.45, 7) is 8.84. The maximum Gasteiger partial charge on any atom is 0.246 e. The fraction of sp³-hybridized carbons (Fsp3) is 0.613. The number of hydrogen-bond donors (Lipinski definition) is 4. The van der Waals surface area contributed by atoms with Crippen LogP contribution in [0, 0.1) is 12.3 Å². The summed E-state index contributed by atoms with van der Waals surface area (Å²) < 4.78 is 0. The predicted octanol–water partition coefficient (Wildman–Crippen LogP) is 3.57. The Morgan fingerprint density at radius 2 is 1.80 bits per heavy atom. The summed E-state index contributed by atoms with van der Waals surface area (Å²) in [7, 11) is 0. The highest BCUT2D eigenvalue weighted by Crippen LogP contribution is 2.28. The number of β-amino-alcohol motifs (C(OH)–C–C–N with tert-alkyl or cyclic N) is 1. The molecular formula is C31H47N5O4S. The number of hydrogen-bond acceptors (Lipinski definition) is 7. The predicted molar refractivity (Wildman–Crippen MR) is 163 cm³/mol. The van der Waals surface area contributed by atoms with Gasteiger partial charge in [-0.25, -0.2) is 4.98 Å². The average molecular weight is 586 g/mol. The van der Waals surface area contributed by atoms with E-state index in [1.54, 1.807) is 11.3 Å². The van der Waals surface area contributed by atoms with Gasteiger partial charge in [0.1, 0.15) is 12.1 Å². The Hall–Kier alpha value is -2.82. The quantitative estimate of drug-likeness (QED) is 0.250. The van der Waals surface area contributed by atoms with Crippen molar-refractivity contribution < 1.29 is 19.5 Å². The fourth-order valence-corrected chi connectivity index (χ4v) is 5.98. The molecule has 1 aliphatic heterocycles. The Morgan fingerprint density at radius 3 is 2.44 bits per heavy atom. The van der Waals surface area contributed by atoms with Crippen molar-refractivity contribution in [2.75, 3.05) is 19.6 Å². The SMILES string of the molecule is Cc1ncsc1-c1ccc(CCNC(=O)[C@@H]2C[C@@H](O)CN2C(=O)[C@@H](NC(=O)CCCCCCCN)C(C)(C)C)cc1. The third-order valence-corrected chi connectivity index (χ3v) is 8.54. The molecule has 2 aromatic rings. The van der Waals surface area contributed by atoms with E-state index in [-0.39, 0.29) is 30.7 Å². The van der Waals surface area contributed by atoms with Gasteiger partial charge in [-0.3, -0.25) is 14.4 Å². The van der Waals surface area contributed by atoms with Crippen molar-refractivity contribution in [3.63, 3.8) is 0 Å². The lowest BCUT2D eigenvalue weighted by Gasteiger charge is -2.35. The molecule has 3 amide bonds. The van der Waals surface area contributed by atoms with E-state index in [1.807, 2.05) is 45.3 Å². The molecule has 0 spiro atoms.